The molecule has 12 heteroatoms. The SMILES string of the molecule is CCN(CC)CCNC(=O)c1c(C)[nH]c(C=C2C(=O)Nc3cc(C(=O)O)ccc32)c1C.O=C1Cc2ccc(C(=O)O)cc2N1. The molecule has 5 rings (SSSR count). The maximum atomic E-state index is 12.8. The van der Waals surface area contributed by atoms with Gasteiger partial charge in [-0.25, -0.2) is 9.59 Å². The topological polar surface area (TPSA) is 181 Å². The van der Waals surface area contributed by atoms with Gasteiger partial charge < -0.3 is 36.0 Å². The lowest BCUT2D eigenvalue weighted by Gasteiger charge is -2.18. The van der Waals surface area contributed by atoms with Crippen LogP contribution in [0.3, 0.4) is 0 Å². The maximum Gasteiger partial charge on any atom is 0.335 e. The lowest BCUT2D eigenvalue weighted by molar-refractivity contribution is -0.115. The van der Waals surface area contributed by atoms with Crippen LogP contribution in [-0.4, -0.2) is 75.9 Å². The average molecular weight is 602 g/mol. The van der Waals surface area contributed by atoms with E-state index in [-0.39, 0.29) is 28.8 Å². The van der Waals surface area contributed by atoms with Gasteiger partial charge in [0.1, 0.15) is 0 Å². The number of amides is 3. The number of carbonyl (C=O) groups is 5. The molecule has 0 unspecified atom stereocenters. The second kappa shape index (κ2) is 13.4. The molecule has 12 nitrogen and oxygen atoms in total. The summed E-state index contributed by atoms with van der Waals surface area (Å²) in [5.74, 6) is -2.58. The summed E-state index contributed by atoms with van der Waals surface area (Å²) in [5, 5.41) is 26.1. The lowest BCUT2D eigenvalue weighted by Crippen LogP contribution is -2.35. The molecule has 1 aromatic heterocycles. The molecule has 2 aliphatic heterocycles. The number of aryl methyl sites for hydroxylation is 1. The molecule has 0 spiro atoms. The summed E-state index contributed by atoms with van der Waals surface area (Å²) in [5.41, 5.74) is 6.02. The third kappa shape index (κ3) is 6.87. The molecule has 0 bridgehead atoms. The van der Waals surface area contributed by atoms with Crippen LogP contribution in [0.5, 0.6) is 0 Å². The van der Waals surface area contributed by atoms with Crippen LogP contribution in [0.1, 0.15) is 73.0 Å². The van der Waals surface area contributed by atoms with Gasteiger partial charge >= 0.3 is 11.9 Å². The van der Waals surface area contributed by atoms with E-state index in [1.54, 1.807) is 18.2 Å². The zero-order chi connectivity index (χ0) is 32.1. The molecule has 3 amide bonds. The van der Waals surface area contributed by atoms with Gasteiger partial charge in [0.15, 0.2) is 0 Å². The van der Waals surface area contributed by atoms with Crippen molar-refractivity contribution in [3.8, 4) is 0 Å². The number of benzene rings is 2. The predicted octanol–water partition coefficient (Wildman–Crippen LogP) is 3.77. The van der Waals surface area contributed by atoms with E-state index in [0.717, 1.165) is 36.5 Å². The van der Waals surface area contributed by atoms with Crippen molar-refractivity contribution in [3.63, 3.8) is 0 Å². The molecule has 0 atom stereocenters. The van der Waals surface area contributed by atoms with Crippen molar-refractivity contribution in [1.82, 2.24) is 15.2 Å². The fourth-order valence-corrected chi connectivity index (χ4v) is 5.18. The Bertz CT molecular complexity index is 1680. The molecule has 6 N–H and O–H groups in total. The molecule has 230 valence electrons. The summed E-state index contributed by atoms with van der Waals surface area (Å²) in [6.07, 6.45) is 2.05. The van der Waals surface area contributed by atoms with Crippen LogP contribution >= 0.6 is 0 Å². The quantitative estimate of drug-likeness (QED) is 0.200. The Kier molecular flexibility index (Phi) is 9.64. The highest BCUT2D eigenvalue weighted by atomic mass is 16.4. The lowest BCUT2D eigenvalue weighted by atomic mass is 10.0. The standard InChI is InChI=1S/C23H28N4O4.C9H7NO3/c1-5-27(6-2)10-9-24-22(29)20-13(3)18(25-14(20)4)12-17-16-8-7-15(23(30)31)11-19(16)26-21(17)28;11-8-4-5-1-2-6(9(12)13)3-7(5)10-8/h7-8,11-12,25H,5-6,9-10H2,1-4H3,(H,24,29)(H,26,28)(H,30,31);1-3H,4H2,(H,10,11)(H,12,13). The van der Waals surface area contributed by atoms with Crippen molar-refractivity contribution in [3.05, 3.63) is 81.2 Å². The number of carboxylic acid groups (broad SMARTS) is 2. The number of hydrogen-bond donors (Lipinski definition) is 6. The zero-order valence-corrected chi connectivity index (χ0v) is 25.0. The highest BCUT2D eigenvalue weighted by Crippen LogP contribution is 2.34. The van der Waals surface area contributed by atoms with Gasteiger partial charge in [0, 0.05) is 41.4 Å². The number of aromatic nitrogens is 1. The predicted molar refractivity (Wildman–Crippen MR) is 166 cm³/mol. The first-order valence-corrected chi connectivity index (χ1v) is 14.2. The summed E-state index contributed by atoms with van der Waals surface area (Å²) in [6.45, 7) is 11.1. The van der Waals surface area contributed by atoms with E-state index >= 15 is 0 Å². The largest absolute Gasteiger partial charge is 0.478 e. The van der Waals surface area contributed by atoms with Crippen LogP contribution in [0, 0.1) is 13.8 Å². The Balaban J connectivity index is 0.000000281. The summed E-state index contributed by atoms with van der Waals surface area (Å²) in [4.78, 5) is 63.4. The molecule has 3 aromatic rings. The number of aromatic amines is 1. The zero-order valence-electron chi connectivity index (χ0n) is 25.0. The molecule has 0 radical (unpaired) electrons. The first-order valence-electron chi connectivity index (χ1n) is 14.2. The van der Waals surface area contributed by atoms with Gasteiger partial charge in [-0.05, 0) is 68.4 Å². The summed E-state index contributed by atoms with van der Waals surface area (Å²) < 4.78 is 0. The number of nitrogens with zero attached hydrogens (tertiary/aromatic N) is 1. The Hall–Kier alpha value is -5.23. The Morgan fingerprint density at radius 3 is 2.20 bits per heavy atom. The molecule has 0 fully saturated rings. The number of carboxylic acids is 2. The summed E-state index contributed by atoms with van der Waals surface area (Å²) in [7, 11) is 0. The average Bonchev–Trinajstić information content (AvgIpc) is 3.61. The number of H-pyrrole nitrogens is 1. The molecule has 3 heterocycles. The molecule has 0 saturated heterocycles. The number of rotatable bonds is 9. The minimum absolute atomic E-state index is 0.0856. The number of hydrogen-bond acceptors (Lipinski definition) is 6. The van der Waals surface area contributed by atoms with E-state index in [0.29, 0.717) is 46.7 Å². The normalized spacial score (nSPS) is 14.0. The van der Waals surface area contributed by atoms with Crippen molar-refractivity contribution >= 4 is 52.7 Å². The van der Waals surface area contributed by atoms with E-state index < -0.39 is 11.9 Å². The smallest absolute Gasteiger partial charge is 0.335 e. The Morgan fingerprint density at radius 2 is 1.57 bits per heavy atom. The van der Waals surface area contributed by atoms with Gasteiger partial charge in [-0.1, -0.05) is 26.0 Å². The van der Waals surface area contributed by atoms with E-state index in [4.69, 9.17) is 10.2 Å². The van der Waals surface area contributed by atoms with Gasteiger partial charge in [-0.2, -0.15) is 0 Å². The molecule has 44 heavy (non-hydrogen) atoms. The van der Waals surface area contributed by atoms with E-state index in [9.17, 15) is 24.0 Å². The Morgan fingerprint density at radius 1 is 0.932 bits per heavy atom. The minimum atomic E-state index is -1.05. The fourth-order valence-electron chi connectivity index (χ4n) is 5.18. The molecular formula is C32H35N5O7. The van der Waals surface area contributed by atoms with Gasteiger partial charge in [-0.15, -0.1) is 0 Å². The Labute approximate surface area is 254 Å². The number of carbonyl (C=O) groups excluding carboxylic acids is 3. The highest BCUT2D eigenvalue weighted by Gasteiger charge is 2.26. The number of fused-ring (bicyclic) bond motifs is 2. The number of likely N-dealkylation sites (N-methyl/N-ethyl adjacent to an activating group) is 1. The van der Waals surface area contributed by atoms with Crippen molar-refractivity contribution < 1.29 is 34.2 Å². The van der Waals surface area contributed by atoms with Crippen molar-refractivity contribution in [2.45, 2.75) is 34.1 Å². The van der Waals surface area contributed by atoms with Crippen molar-refractivity contribution in [1.29, 1.82) is 0 Å². The third-order valence-corrected chi connectivity index (χ3v) is 7.63. The van der Waals surface area contributed by atoms with Crippen LogP contribution in [-0.2, 0) is 16.0 Å². The summed E-state index contributed by atoms with van der Waals surface area (Å²) >= 11 is 0. The summed E-state index contributed by atoms with van der Waals surface area (Å²) in [6, 6.07) is 9.17. The van der Waals surface area contributed by atoms with E-state index in [1.165, 1.54) is 24.3 Å². The van der Waals surface area contributed by atoms with Gasteiger partial charge in [0.2, 0.25) is 5.91 Å². The van der Waals surface area contributed by atoms with Crippen molar-refractivity contribution in [2.24, 2.45) is 0 Å². The number of aromatic carboxylic acids is 2. The monoisotopic (exact) mass is 601 g/mol. The maximum absolute atomic E-state index is 12.8. The highest BCUT2D eigenvalue weighted by molar-refractivity contribution is 6.35. The van der Waals surface area contributed by atoms with Crippen LogP contribution in [0.15, 0.2) is 36.4 Å². The molecule has 0 saturated carbocycles. The number of nitrogens with one attached hydrogen (secondary N) is 4. The van der Waals surface area contributed by atoms with Gasteiger partial charge in [-0.3, -0.25) is 14.4 Å². The number of anilines is 2. The van der Waals surface area contributed by atoms with Crippen molar-refractivity contribution in [2.75, 3.05) is 36.8 Å². The molecular weight excluding hydrogens is 566 g/mol. The minimum Gasteiger partial charge on any atom is -0.478 e. The fraction of sp³-hybridized carbons (Fsp3) is 0.281. The van der Waals surface area contributed by atoms with E-state index in [2.05, 4.69) is 39.7 Å². The molecule has 2 aromatic carbocycles. The van der Waals surface area contributed by atoms with E-state index in [1.807, 2.05) is 13.8 Å². The second-order valence-electron chi connectivity index (χ2n) is 10.4. The van der Waals surface area contributed by atoms with Gasteiger partial charge in [0.25, 0.3) is 11.8 Å². The third-order valence-electron chi connectivity index (χ3n) is 7.63. The first kappa shape index (κ1) is 31.7. The first-order chi connectivity index (χ1) is 20.9. The van der Waals surface area contributed by atoms with Crippen LogP contribution in [0.25, 0.3) is 11.6 Å². The molecule has 0 aliphatic carbocycles. The van der Waals surface area contributed by atoms with Crippen LogP contribution in [0.2, 0.25) is 0 Å². The van der Waals surface area contributed by atoms with Crippen LogP contribution < -0.4 is 16.0 Å². The van der Waals surface area contributed by atoms with Gasteiger partial charge in [0.05, 0.1) is 28.7 Å². The van der Waals surface area contributed by atoms with Crippen LogP contribution in [0.4, 0.5) is 11.4 Å². The molecule has 2 aliphatic rings. The second-order valence-corrected chi connectivity index (χ2v) is 10.4.